The number of nitrogens with two attached hydrogens (primary N) is 1. The molecule has 0 bridgehead atoms. The first kappa shape index (κ1) is 16.8. The molecule has 1 aromatic heterocycles. The molecule has 0 atom stereocenters. The van der Waals surface area contributed by atoms with Gasteiger partial charge in [0.2, 0.25) is 0 Å². The summed E-state index contributed by atoms with van der Waals surface area (Å²) in [7, 11) is 0. The summed E-state index contributed by atoms with van der Waals surface area (Å²) in [6, 6.07) is 7.01. The summed E-state index contributed by atoms with van der Waals surface area (Å²) in [6.07, 6.45) is 1.54. The van der Waals surface area contributed by atoms with Gasteiger partial charge in [-0.2, -0.15) is 0 Å². The predicted molar refractivity (Wildman–Crippen MR) is 89.4 cm³/mol. The van der Waals surface area contributed by atoms with Crippen molar-refractivity contribution in [1.29, 1.82) is 0 Å². The Morgan fingerprint density at radius 1 is 1.22 bits per heavy atom. The molecule has 0 fully saturated rings. The van der Waals surface area contributed by atoms with E-state index in [0.29, 0.717) is 11.3 Å². The van der Waals surface area contributed by atoms with E-state index in [1.807, 2.05) is 0 Å². The molecule has 2 aromatic rings. The van der Waals surface area contributed by atoms with Crippen molar-refractivity contribution in [3.05, 3.63) is 68.0 Å². The van der Waals surface area contributed by atoms with E-state index in [1.165, 1.54) is 23.9 Å². The fourth-order valence-corrected chi connectivity index (χ4v) is 2.78. The van der Waals surface area contributed by atoms with Crippen LogP contribution < -0.4 is 5.73 Å². The Hall–Kier alpha value is -2.59. The van der Waals surface area contributed by atoms with Gasteiger partial charge in [-0.3, -0.25) is 25.2 Å². The number of nitro groups is 2. The lowest BCUT2D eigenvalue weighted by Gasteiger charge is -2.05. The molecule has 23 heavy (non-hydrogen) atoms. The quantitative estimate of drug-likeness (QED) is 0.365. The van der Waals surface area contributed by atoms with Crippen LogP contribution >= 0.6 is 24.0 Å². The third kappa shape index (κ3) is 4.20. The van der Waals surface area contributed by atoms with Gasteiger partial charge in [0.15, 0.2) is 0 Å². The van der Waals surface area contributed by atoms with Gasteiger partial charge in [-0.05, 0) is 18.2 Å². The third-order valence-electron chi connectivity index (χ3n) is 2.85. The predicted octanol–water partition coefficient (Wildman–Crippen LogP) is 2.82. The molecule has 0 unspecified atom stereocenters. The third-order valence-corrected chi connectivity index (χ3v) is 4.11. The van der Waals surface area contributed by atoms with Gasteiger partial charge in [0.1, 0.15) is 4.99 Å². The number of benzene rings is 1. The minimum atomic E-state index is -0.665. The number of hydrogen-bond acceptors (Lipinski definition) is 7. The lowest BCUT2D eigenvalue weighted by molar-refractivity contribution is -0.394. The summed E-state index contributed by atoms with van der Waals surface area (Å²) < 4.78 is 0. The lowest BCUT2D eigenvalue weighted by Crippen LogP contribution is -2.11. The Balaban J connectivity index is 2.23. The molecule has 0 radical (unpaired) electrons. The number of thiocarbonyl (C=S) groups is 1. The first-order valence-electron chi connectivity index (χ1n) is 6.19. The van der Waals surface area contributed by atoms with E-state index < -0.39 is 9.85 Å². The van der Waals surface area contributed by atoms with Crippen molar-refractivity contribution < 1.29 is 9.85 Å². The maximum atomic E-state index is 11.1. The van der Waals surface area contributed by atoms with E-state index in [2.05, 4.69) is 4.98 Å². The first-order chi connectivity index (χ1) is 10.9. The summed E-state index contributed by atoms with van der Waals surface area (Å²) in [5.74, 6) is 0.273. The van der Waals surface area contributed by atoms with Crippen LogP contribution in [-0.4, -0.2) is 19.8 Å². The van der Waals surface area contributed by atoms with E-state index in [0.717, 1.165) is 11.0 Å². The minimum absolute atomic E-state index is 0.161. The van der Waals surface area contributed by atoms with Gasteiger partial charge >= 0.3 is 0 Å². The zero-order valence-corrected chi connectivity index (χ0v) is 13.2. The van der Waals surface area contributed by atoms with Crippen LogP contribution in [0.1, 0.15) is 11.3 Å². The van der Waals surface area contributed by atoms with Crippen LogP contribution in [0.25, 0.3) is 0 Å². The van der Waals surface area contributed by atoms with Gasteiger partial charge in [-0.1, -0.05) is 12.2 Å². The molecule has 0 aliphatic rings. The van der Waals surface area contributed by atoms with Crippen LogP contribution in [-0.2, 0) is 5.75 Å². The lowest BCUT2D eigenvalue weighted by atomic mass is 10.2. The van der Waals surface area contributed by atoms with E-state index in [-0.39, 0.29) is 22.1 Å². The highest BCUT2D eigenvalue weighted by molar-refractivity contribution is 7.98. The summed E-state index contributed by atoms with van der Waals surface area (Å²) >= 11 is 6.17. The average molecular weight is 350 g/mol. The van der Waals surface area contributed by atoms with Crippen LogP contribution in [0.3, 0.4) is 0 Å². The second-order valence-electron chi connectivity index (χ2n) is 4.36. The molecule has 8 nitrogen and oxygen atoms in total. The Labute approximate surface area is 140 Å². The molecule has 0 aliphatic carbocycles. The second-order valence-corrected chi connectivity index (χ2v) is 5.85. The van der Waals surface area contributed by atoms with E-state index in [4.69, 9.17) is 18.0 Å². The number of aromatic nitrogens is 1. The van der Waals surface area contributed by atoms with E-state index in [1.54, 1.807) is 18.3 Å². The van der Waals surface area contributed by atoms with Crippen LogP contribution in [0.4, 0.5) is 11.4 Å². The topological polar surface area (TPSA) is 125 Å². The van der Waals surface area contributed by atoms with Gasteiger partial charge in [-0.25, -0.2) is 0 Å². The highest BCUT2D eigenvalue weighted by Gasteiger charge is 2.19. The van der Waals surface area contributed by atoms with Crippen molar-refractivity contribution in [2.45, 2.75) is 10.6 Å². The normalized spacial score (nSPS) is 10.3. The molecular formula is C13H10N4O4S2. The molecule has 0 aliphatic heterocycles. The Morgan fingerprint density at radius 2 is 1.96 bits per heavy atom. The van der Waals surface area contributed by atoms with Crippen LogP contribution in [0.5, 0.6) is 0 Å². The average Bonchev–Trinajstić information content (AvgIpc) is 2.52. The smallest absolute Gasteiger partial charge is 0.280 e. The Morgan fingerprint density at radius 3 is 2.57 bits per heavy atom. The zero-order valence-electron chi connectivity index (χ0n) is 11.5. The Bertz CT molecular complexity index is 797. The van der Waals surface area contributed by atoms with Crippen LogP contribution in [0.2, 0.25) is 0 Å². The minimum Gasteiger partial charge on any atom is -0.388 e. The van der Waals surface area contributed by atoms with Gasteiger partial charge < -0.3 is 5.73 Å². The van der Waals surface area contributed by atoms with Crippen molar-refractivity contribution in [1.82, 2.24) is 4.98 Å². The number of hydrogen-bond donors (Lipinski definition) is 1. The maximum Gasteiger partial charge on any atom is 0.280 e. The summed E-state index contributed by atoms with van der Waals surface area (Å²) in [4.78, 5) is 25.5. The first-order valence-corrected chi connectivity index (χ1v) is 7.58. The summed E-state index contributed by atoms with van der Waals surface area (Å²) in [5, 5.41) is 21.8. The molecule has 1 aromatic carbocycles. The van der Waals surface area contributed by atoms with Crippen LogP contribution in [0, 0.1) is 20.2 Å². The SMILES string of the molecule is NC(=S)c1cc(SCc2ccc([N+](=O)[O-])cc2[N+](=O)[O-])ccn1. The molecule has 10 heteroatoms. The molecule has 118 valence electrons. The molecule has 0 saturated heterocycles. The van der Waals surface area contributed by atoms with Crippen molar-refractivity contribution >= 4 is 40.3 Å². The van der Waals surface area contributed by atoms with Gasteiger partial charge in [-0.15, -0.1) is 11.8 Å². The highest BCUT2D eigenvalue weighted by Crippen LogP contribution is 2.30. The summed E-state index contributed by atoms with van der Waals surface area (Å²) in [5.41, 5.74) is 5.76. The summed E-state index contributed by atoms with van der Waals surface area (Å²) in [6.45, 7) is 0. The fraction of sp³-hybridized carbons (Fsp3) is 0.0769. The van der Waals surface area contributed by atoms with Crippen LogP contribution in [0.15, 0.2) is 41.4 Å². The largest absolute Gasteiger partial charge is 0.388 e. The highest BCUT2D eigenvalue weighted by atomic mass is 32.2. The fourth-order valence-electron chi connectivity index (χ4n) is 1.75. The zero-order chi connectivity index (χ0) is 17.0. The number of thioether (sulfide) groups is 1. The molecule has 0 amide bonds. The number of nitro benzene ring substituents is 2. The van der Waals surface area contributed by atoms with Gasteiger partial charge in [0, 0.05) is 28.5 Å². The maximum absolute atomic E-state index is 11.1. The molecule has 1 heterocycles. The number of pyridine rings is 1. The van der Waals surface area contributed by atoms with Crippen molar-refractivity contribution in [3.8, 4) is 0 Å². The van der Waals surface area contributed by atoms with E-state index in [9.17, 15) is 20.2 Å². The number of rotatable bonds is 6. The van der Waals surface area contributed by atoms with Crippen molar-refractivity contribution in [2.24, 2.45) is 5.73 Å². The standard InChI is InChI=1S/C13H10N4O4S2/c14-13(22)11-6-10(3-4-15-11)23-7-8-1-2-9(16(18)19)5-12(8)17(20)21/h1-6H,7H2,(H2,14,22). The second kappa shape index (κ2) is 7.11. The molecular weight excluding hydrogens is 340 g/mol. The molecule has 2 rings (SSSR count). The monoisotopic (exact) mass is 350 g/mol. The Kier molecular flexibility index (Phi) is 5.19. The van der Waals surface area contributed by atoms with Gasteiger partial charge in [0.05, 0.1) is 21.6 Å². The van der Waals surface area contributed by atoms with Gasteiger partial charge in [0.25, 0.3) is 11.4 Å². The molecule has 0 spiro atoms. The molecule has 2 N–H and O–H groups in total. The number of nitrogens with zero attached hydrogens (tertiary/aromatic N) is 3. The van der Waals surface area contributed by atoms with E-state index >= 15 is 0 Å². The van der Waals surface area contributed by atoms with Crippen molar-refractivity contribution in [2.75, 3.05) is 0 Å². The molecule has 0 saturated carbocycles. The van der Waals surface area contributed by atoms with Crippen molar-refractivity contribution in [3.63, 3.8) is 0 Å². The number of non-ortho nitro benzene ring substituents is 1.